The lowest BCUT2D eigenvalue weighted by Crippen LogP contribution is -2.14. The molecule has 5 nitrogen and oxygen atoms in total. The van der Waals surface area contributed by atoms with E-state index in [9.17, 15) is 9.59 Å². The Morgan fingerprint density at radius 2 is 1.77 bits per heavy atom. The van der Waals surface area contributed by atoms with Crippen molar-refractivity contribution in [2.45, 2.75) is 52.5 Å². The number of pyridine rings is 1. The van der Waals surface area contributed by atoms with Gasteiger partial charge in [0, 0.05) is 23.8 Å². The zero-order chi connectivity index (χ0) is 22.4. The quantitative estimate of drug-likeness (QED) is 0.384. The molecule has 0 saturated carbocycles. The number of rotatable bonds is 10. The van der Waals surface area contributed by atoms with Crippen molar-refractivity contribution >= 4 is 28.3 Å². The highest BCUT2D eigenvalue weighted by atomic mass is 16.4. The summed E-state index contributed by atoms with van der Waals surface area (Å²) in [6.07, 6.45) is 3.44. The minimum atomic E-state index is -0.871. The summed E-state index contributed by atoms with van der Waals surface area (Å²) in [4.78, 5) is 27.5. The predicted molar refractivity (Wildman–Crippen MR) is 125 cm³/mol. The van der Waals surface area contributed by atoms with Crippen LogP contribution < -0.4 is 5.32 Å². The third kappa shape index (κ3) is 6.38. The smallest absolute Gasteiger partial charge is 0.303 e. The van der Waals surface area contributed by atoms with Crippen LogP contribution in [0.2, 0.25) is 0 Å². The number of carbonyl (C=O) groups excluding carboxylic acids is 1. The molecule has 0 amide bonds. The van der Waals surface area contributed by atoms with E-state index in [1.165, 1.54) is 5.56 Å². The van der Waals surface area contributed by atoms with Crippen LogP contribution in [0.15, 0.2) is 54.7 Å². The normalized spacial score (nSPS) is 12.1. The number of nitrogens with one attached hydrogen (secondary N) is 1. The monoisotopic (exact) mass is 418 g/mol. The molecule has 0 aliphatic heterocycles. The van der Waals surface area contributed by atoms with Crippen molar-refractivity contribution in [3.05, 3.63) is 71.4 Å². The van der Waals surface area contributed by atoms with Crippen molar-refractivity contribution in [1.82, 2.24) is 4.98 Å². The molecule has 3 aromatic rings. The van der Waals surface area contributed by atoms with Gasteiger partial charge in [0.25, 0.3) is 0 Å². The van der Waals surface area contributed by atoms with Crippen LogP contribution in [0.3, 0.4) is 0 Å². The van der Waals surface area contributed by atoms with E-state index in [2.05, 4.69) is 55.3 Å². The molecular formula is C26H30N2O3. The summed E-state index contributed by atoms with van der Waals surface area (Å²) in [7, 11) is 0. The number of fused-ring (bicyclic) bond motifs is 1. The van der Waals surface area contributed by atoms with Gasteiger partial charge < -0.3 is 10.4 Å². The predicted octanol–water partition coefficient (Wildman–Crippen LogP) is 6.18. The van der Waals surface area contributed by atoms with Gasteiger partial charge in [-0.3, -0.25) is 14.6 Å². The number of anilines is 1. The zero-order valence-corrected chi connectivity index (χ0v) is 18.4. The van der Waals surface area contributed by atoms with E-state index in [1.807, 2.05) is 30.5 Å². The number of carboxylic acid groups (broad SMARTS) is 1. The molecule has 162 valence electrons. The van der Waals surface area contributed by atoms with E-state index in [0.717, 1.165) is 28.6 Å². The van der Waals surface area contributed by atoms with Crippen LogP contribution in [-0.2, 0) is 4.79 Å². The second kappa shape index (κ2) is 10.2. The Labute approximate surface area is 183 Å². The van der Waals surface area contributed by atoms with Crippen LogP contribution in [0.5, 0.6) is 0 Å². The van der Waals surface area contributed by atoms with Crippen LogP contribution in [0.1, 0.15) is 67.1 Å². The molecule has 1 atom stereocenters. The van der Waals surface area contributed by atoms with E-state index in [1.54, 1.807) is 0 Å². The van der Waals surface area contributed by atoms with Crippen molar-refractivity contribution in [3.8, 4) is 0 Å². The third-order valence-electron chi connectivity index (χ3n) is 5.32. The molecule has 2 aromatic carbocycles. The number of carboxylic acids is 1. The lowest BCUT2D eigenvalue weighted by molar-refractivity contribution is -0.137. The second-order valence-electron chi connectivity index (χ2n) is 8.54. The number of aryl methyl sites for hydroxylation is 1. The Balaban J connectivity index is 1.75. The summed E-state index contributed by atoms with van der Waals surface area (Å²) in [5.74, 6) is -0.398. The minimum absolute atomic E-state index is 0.0174. The summed E-state index contributed by atoms with van der Waals surface area (Å²) in [6, 6.07) is 16.1. The summed E-state index contributed by atoms with van der Waals surface area (Å²) in [5, 5.41) is 13.4. The van der Waals surface area contributed by atoms with Crippen LogP contribution in [-0.4, -0.2) is 21.8 Å². The Hall–Kier alpha value is -3.21. The van der Waals surface area contributed by atoms with E-state index in [-0.39, 0.29) is 24.7 Å². The number of nitrogens with zero attached hydrogens (tertiary/aromatic N) is 1. The Morgan fingerprint density at radius 3 is 2.45 bits per heavy atom. The molecule has 0 aliphatic rings. The number of hydrogen-bond donors (Lipinski definition) is 2. The third-order valence-corrected chi connectivity index (χ3v) is 5.32. The van der Waals surface area contributed by atoms with E-state index >= 15 is 0 Å². The van der Waals surface area contributed by atoms with Crippen LogP contribution in [0.4, 0.5) is 5.69 Å². The second-order valence-corrected chi connectivity index (χ2v) is 8.54. The summed E-state index contributed by atoms with van der Waals surface area (Å²) < 4.78 is 0. The molecule has 5 heteroatoms. The fourth-order valence-corrected chi connectivity index (χ4v) is 3.71. The van der Waals surface area contributed by atoms with Gasteiger partial charge in [-0.1, -0.05) is 50.2 Å². The lowest BCUT2D eigenvalue weighted by Gasteiger charge is -2.22. The molecule has 0 radical (unpaired) electrons. The number of carbonyl (C=O) groups is 2. The maximum absolute atomic E-state index is 12.3. The number of Topliss-reactive ketones (excluding diaryl/α,β-unsaturated/α-hetero) is 1. The average Bonchev–Trinajstić information content (AvgIpc) is 2.73. The number of benzene rings is 2. The molecule has 1 heterocycles. The van der Waals surface area contributed by atoms with Crippen molar-refractivity contribution in [3.63, 3.8) is 0 Å². The SMILES string of the molecule is Cc1ccc2cc(NC(CC(C)C)c3ccc(C(=O)CCCC(=O)O)cc3)cnc2c1. The molecule has 0 bridgehead atoms. The van der Waals surface area contributed by atoms with E-state index in [0.29, 0.717) is 17.9 Å². The van der Waals surface area contributed by atoms with Crippen molar-refractivity contribution in [1.29, 1.82) is 0 Å². The molecule has 31 heavy (non-hydrogen) atoms. The van der Waals surface area contributed by atoms with Gasteiger partial charge >= 0.3 is 5.97 Å². The number of hydrogen-bond acceptors (Lipinski definition) is 4. The lowest BCUT2D eigenvalue weighted by atomic mass is 9.95. The van der Waals surface area contributed by atoms with Crippen molar-refractivity contribution in [2.75, 3.05) is 5.32 Å². The maximum Gasteiger partial charge on any atom is 0.303 e. The first kappa shape index (κ1) is 22.5. The minimum Gasteiger partial charge on any atom is -0.481 e. The largest absolute Gasteiger partial charge is 0.481 e. The number of aliphatic carboxylic acids is 1. The fraction of sp³-hybridized carbons (Fsp3) is 0.346. The van der Waals surface area contributed by atoms with Crippen LogP contribution in [0.25, 0.3) is 10.9 Å². The highest BCUT2D eigenvalue weighted by Crippen LogP contribution is 2.28. The average molecular weight is 419 g/mol. The van der Waals surface area contributed by atoms with Gasteiger partial charge in [-0.05, 0) is 48.9 Å². The summed E-state index contributed by atoms with van der Waals surface area (Å²) in [5.41, 5.74) is 4.88. The van der Waals surface area contributed by atoms with Gasteiger partial charge in [0.15, 0.2) is 5.78 Å². The van der Waals surface area contributed by atoms with Crippen molar-refractivity contribution < 1.29 is 14.7 Å². The van der Waals surface area contributed by atoms with Gasteiger partial charge in [-0.25, -0.2) is 0 Å². The molecule has 1 aromatic heterocycles. The van der Waals surface area contributed by atoms with Crippen LogP contribution >= 0.6 is 0 Å². The first-order valence-corrected chi connectivity index (χ1v) is 10.8. The Bertz CT molecular complexity index is 1060. The first-order valence-electron chi connectivity index (χ1n) is 10.8. The van der Waals surface area contributed by atoms with Crippen molar-refractivity contribution in [2.24, 2.45) is 5.92 Å². The van der Waals surface area contributed by atoms with E-state index < -0.39 is 5.97 Å². The highest BCUT2D eigenvalue weighted by molar-refractivity contribution is 5.96. The van der Waals surface area contributed by atoms with Gasteiger partial charge in [0.2, 0.25) is 0 Å². The Kier molecular flexibility index (Phi) is 7.40. The topological polar surface area (TPSA) is 79.3 Å². The summed E-state index contributed by atoms with van der Waals surface area (Å²) in [6.45, 7) is 6.44. The van der Waals surface area contributed by atoms with Gasteiger partial charge in [-0.15, -0.1) is 0 Å². The molecule has 2 N–H and O–H groups in total. The van der Waals surface area contributed by atoms with Gasteiger partial charge in [-0.2, -0.15) is 0 Å². The molecule has 3 rings (SSSR count). The molecule has 0 aliphatic carbocycles. The molecule has 1 unspecified atom stereocenters. The highest BCUT2D eigenvalue weighted by Gasteiger charge is 2.15. The molecule has 0 spiro atoms. The standard InChI is InChI=1S/C26H30N2O3/c1-17(2)13-24(28-22-15-21-8-7-18(3)14-23(21)27-16-22)19-9-11-20(12-10-19)25(29)5-4-6-26(30)31/h7-12,14-17,24,28H,4-6,13H2,1-3H3,(H,30,31). The number of ketones is 1. The maximum atomic E-state index is 12.3. The summed E-state index contributed by atoms with van der Waals surface area (Å²) >= 11 is 0. The molecular weight excluding hydrogens is 388 g/mol. The Morgan fingerprint density at radius 1 is 1.03 bits per heavy atom. The van der Waals surface area contributed by atoms with Crippen LogP contribution in [0, 0.1) is 12.8 Å². The fourth-order valence-electron chi connectivity index (χ4n) is 3.71. The zero-order valence-electron chi connectivity index (χ0n) is 18.4. The number of aromatic nitrogens is 1. The van der Waals surface area contributed by atoms with E-state index in [4.69, 9.17) is 5.11 Å². The first-order chi connectivity index (χ1) is 14.8. The van der Waals surface area contributed by atoms with Gasteiger partial charge in [0.1, 0.15) is 0 Å². The van der Waals surface area contributed by atoms with Gasteiger partial charge in [0.05, 0.1) is 23.4 Å². The molecule has 0 saturated heterocycles. The molecule has 0 fully saturated rings.